The van der Waals surface area contributed by atoms with Crippen LogP contribution < -0.4 is 15.5 Å². The van der Waals surface area contributed by atoms with Crippen LogP contribution in [0.3, 0.4) is 0 Å². The van der Waals surface area contributed by atoms with Gasteiger partial charge in [-0.25, -0.2) is 0 Å². The van der Waals surface area contributed by atoms with Crippen molar-refractivity contribution in [2.75, 3.05) is 30.4 Å². The van der Waals surface area contributed by atoms with Gasteiger partial charge in [0.2, 0.25) is 5.91 Å². The Bertz CT molecular complexity index is 740. The van der Waals surface area contributed by atoms with Gasteiger partial charge in [-0.3, -0.25) is 9.59 Å². The lowest BCUT2D eigenvalue weighted by Gasteiger charge is -2.19. The van der Waals surface area contributed by atoms with Crippen molar-refractivity contribution in [3.8, 4) is 0 Å². The highest BCUT2D eigenvalue weighted by atomic mass is 16.2. The Morgan fingerprint density at radius 1 is 1.04 bits per heavy atom. The van der Waals surface area contributed by atoms with E-state index < -0.39 is 0 Å². The van der Waals surface area contributed by atoms with E-state index in [9.17, 15) is 9.59 Å². The van der Waals surface area contributed by atoms with Crippen LogP contribution >= 0.6 is 0 Å². The van der Waals surface area contributed by atoms with Gasteiger partial charge in [0.25, 0.3) is 5.91 Å². The quantitative estimate of drug-likeness (QED) is 0.718. The third-order valence-electron chi connectivity index (χ3n) is 4.52. The van der Waals surface area contributed by atoms with Gasteiger partial charge in [0, 0.05) is 43.0 Å². The maximum absolute atomic E-state index is 12.2. The van der Waals surface area contributed by atoms with Crippen LogP contribution in [0.2, 0.25) is 0 Å². The van der Waals surface area contributed by atoms with E-state index in [-0.39, 0.29) is 17.7 Å². The summed E-state index contributed by atoms with van der Waals surface area (Å²) >= 11 is 0. The number of hydrogen-bond acceptors (Lipinski definition) is 3. The van der Waals surface area contributed by atoms with Gasteiger partial charge in [-0.1, -0.05) is 18.2 Å². The van der Waals surface area contributed by atoms with Crippen LogP contribution in [0, 0.1) is 5.92 Å². The number of nitrogens with zero attached hydrogens (tertiary/aromatic N) is 1. The monoisotopic (exact) mass is 351 g/mol. The summed E-state index contributed by atoms with van der Waals surface area (Å²) in [5, 5.41) is 5.82. The molecule has 2 aromatic carbocycles. The Kier molecular flexibility index (Phi) is 5.89. The van der Waals surface area contributed by atoms with Crippen molar-refractivity contribution in [2.24, 2.45) is 5.92 Å². The van der Waals surface area contributed by atoms with Gasteiger partial charge in [-0.2, -0.15) is 0 Å². The zero-order chi connectivity index (χ0) is 18.4. The first-order valence-electron chi connectivity index (χ1n) is 9.09. The molecular weight excluding hydrogens is 326 g/mol. The first kappa shape index (κ1) is 18.0. The van der Waals surface area contributed by atoms with Gasteiger partial charge in [0.15, 0.2) is 0 Å². The van der Waals surface area contributed by atoms with Crippen molar-refractivity contribution in [2.45, 2.75) is 19.3 Å². The number of rotatable bonds is 8. The molecule has 0 atom stereocenters. The summed E-state index contributed by atoms with van der Waals surface area (Å²) in [6.45, 7) is 1.49. The minimum Gasteiger partial charge on any atom is -0.375 e. The van der Waals surface area contributed by atoms with Crippen molar-refractivity contribution in [1.29, 1.82) is 0 Å². The lowest BCUT2D eigenvalue weighted by atomic mass is 10.2. The lowest BCUT2D eigenvalue weighted by Crippen LogP contribution is -2.28. The molecule has 1 saturated carbocycles. The number of anilines is 2. The third-order valence-corrected chi connectivity index (χ3v) is 4.52. The number of nitrogens with one attached hydrogen (secondary N) is 2. The largest absolute Gasteiger partial charge is 0.375 e. The van der Waals surface area contributed by atoms with Gasteiger partial charge in [-0.05, 0) is 55.7 Å². The van der Waals surface area contributed by atoms with E-state index in [0.29, 0.717) is 12.1 Å². The minimum absolute atomic E-state index is 0.0738. The van der Waals surface area contributed by atoms with Crippen LogP contribution in [0.25, 0.3) is 0 Å². The molecule has 0 bridgehead atoms. The van der Waals surface area contributed by atoms with Crippen LogP contribution in [0.4, 0.5) is 11.4 Å². The van der Waals surface area contributed by atoms with Crippen LogP contribution in [-0.4, -0.2) is 32.0 Å². The van der Waals surface area contributed by atoms with Crippen LogP contribution in [0.1, 0.15) is 29.6 Å². The Hall–Kier alpha value is -2.82. The summed E-state index contributed by atoms with van der Waals surface area (Å²) < 4.78 is 0. The fourth-order valence-electron chi connectivity index (χ4n) is 2.73. The number of hydrogen-bond donors (Lipinski definition) is 2. The molecule has 136 valence electrons. The highest BCUT2D eigenvalue weighted by molar-refractivity contribution is 5.96. The smallest absolute Gasteiger partial charge is 0.251 e. The van der Waals surface area contributed by atoms with E-state index in [2.05, 4.69) is 27.7 Å². The lowest BCUT2D eigenvalue weighted by molar-refractivity contribution is -0.117. The fraction of sp³-hybridized carbons (Fsp3) is 0.333. The minimum atomic E-state index is -0.0903. The summed E-state index contributed by atoms with van der Waals surface area (Å²) in [7, 11) is 2.05. The van der Waals surface area contributed by atoms with Crippen LogP contribution in [0.15, 0.2) is 54.6 Å². The zero-order valence-corrected chi connectivity index (χ0v) is 15.1. The predicted molar refractivity (Wildman–Crippen MR) is 104 cm³/mol. The maximum atomic E-state index is 12.2. The first-order valence-corrected chi connectivity index (χ1v) is 9.09. The van der Waals surface area contributed by atoms with Gasteiger partial charge in [0.1, 0.15) is 0 Å². The van der Waals surface area contributed by atoms with E-state index >= 15 is 0 Å². The molecule has 0 unspecified atom stereocenters. The Balaban J connectivity index is 1.39. The second-order valence-corrected chi connectivity index (χ2v) is 6.71. The average Bonchev–Trinajstić information content (AvgIpc) is 3.51. The highest BCUT2D eigenvalue weighted by Crippen LogP contribution is 2.30. The predicted octanol–water partition coefficient (Wildman–Crippen LogP) is 3.29. The van der Waals surface area contributed by atoms with Crippen molar-refractivity contribution in [1.82, 2.24) is 5.32 Å². The second-order valence-electron chi connectivity index (χ2n) is 6.71. The standard InChI is InChI=1S/C21H25N3O2/c1-24(19-6-3-2-4-7-19)15-5-14-22-20(25)16-10-12-18(13-11-16)23-21(26)17-8-9-17/h2-4,6-7,10-13,17H,5,8-9,14-15H2,1H3,(H,22,25)(H,23,26). The molecule has 0 spiro atoms. The zero-order valence-electron chi connectivity index (χ0n) is 15.1. The Morgan fingerprint density at radius 3 is 2.38 bits per heavy atom. The van der Waals surface area contributed by atoms with Crippen molar-refractivity contribution in [3.63, 3.8) is 0 Å². The number of para-hydroxylation sites is 1. The number of carbonyl (C=O) groups is 2. The molecule has 26 heavy (non-hydrogen) atoms. The molecule has 2 aromatic rings. The molecule has 0 radical (unpaired) electrons. The highest BCUT2D eigenvalue weighted by Gasteiger charge is 2.29. The molecule has 1 fully saturated rings. The molecule has 0 heterocycles. The van der Waals surface area contributed by atoms with Crippen LogP contribution in [0.5, 0.6) is 0 Å². The summed E-state index contributed by atoms with van der Waals surface area (Å²) in [5.41, 5.74) is 2.51. The SMILES string of the molecule is CN(CCCNC(=O)c1ccc(NC(=O)C2CC2)cc1)c1ccccc1. The topological polar surface area (TPSA) is 61.4 Å². The molecule has 2 N–H and O–H groups in total. The second kappa shape index (κ2) is 8.52. The van der Waals surface area contributed by atoms with Crippen LogP contribution in [-0.2, 0) is 4.79 Å². The van der Waals surface area contributed by atoms with Gasteiger partial charge in [0.05, 0.1) is 0 Å². The van der Waals surface area contributed by atoms with Gasteiger partial charge in [-0.15, -0.1) is 0 Å². The maximum Gasteiger partial charge on any atom is 0.251 e. The molecule has 2 amide bonds. The summed E-state index contributed by atoms with van der Waals surface area (Å²) in [6.07, 6.45) is 2.82. The van der Waals surface area contributed by atoms with E-state index in [1.165, 1.54) is 5.69 Å². The normalized spacial score (nSPS) is 13.1. The van der Waals surface area contributed by atoms with Gasteiger partial charge >= 0.3 is 0 Å². The van der Waals surface area contributed by atoms with Crippen molar-refractivity contribution < 1.29 is 9.59 Å². The molecule has 5 nitrogen and oxygen atoms in total. The number of carbonyl (C=O) groups excluding carboxylic acids is 2. The van der Waals surface area contributed by atoms with E-state index in [1.54, 1.807) is 24.3 Å². The molecule has 5 heteroatoms. The van der Waals surface area contributed by atoms with Gasteiger partial charge < -0.3 is 15.5 Å². The molecule has 0 aliphatic heterocycles. The molecular formula is C21H25N3O2. The molecule has 1 aliphatic rings. The molecule has 0 aromatic heterocycles. The summed E-state index contributed by atoms with van der Waals surface area (Å²) in [4.78, 5) is 26.1. The van der Waals surface area contributed by atoms with E-state index in [0.717, 1.165) is 31.5 Å². The van der Waals surface area contributed by atoms with Crippen molar-refractivity contribution in [3.05, 3.63) is 60.2 Å². The summed E-state index contributed by atoms with van der Waals surface area (Å²) in [6, 6.07) is 17.2. The molecule has 3 rings (SSSR count). The third kappa shape index (κ3) is 5.09. The number of amides is 2. The van der Waals surface area contributed by atoms with E-state index in [4.69, 9.17) is 0 Å². The summed E-state index contributed by atoms with van der Waals surface area (Å²) in [5.74, 6) is 0.157. The fourth-order valence-corrected chi connectivity index (χ4v) is 2.73. The Labute approximate surface area is 154 Å². The van der Waals surface area contributed by atoms with E-state index in [1.807, 2.05) is 25.2 Å². The molecule has 0 saturated heterocycles. The first-order chi connectivity index (χ1) is 12.6. The Morgan fingerprint density at radius 2 is 1.73 bits per heavy atom. The van der Waals surface area contributed by atoms with Crippen molar-refractivity contribution >= 4 is 23.2 Å². The molecule has 1 aliphatic carbocycles. The average molecular weight is 351 g/mol. The number of benzene rings is 2.